The number of carbonyl (C=O) groups excluding carboxylic acids is 2. The van der Waals surface area contributed by atoms with Crippen molar-refractivity contribution in [3.63, 3.8) is 0 Å². The molecule has 0 radical (unpaired) electrons. The maximum Gasteiger partial charge on any atom is 0.343 e. The average Bonchev–Trinajstić information content (AvgIpc) is 3.12. The molecular formula is C23H23N5O7. The molecule has 0 bridgehead atoms. The summed E-state index contributed by atoms with van der Waals surface area (Å²) in [7, 11) is 2.96. The van der Waals surface area contributed by atoms with Crippen molar-refractivity contribution in [1.29, 1.82) is 0 Å². The topological polar surface area (TPSA) is 147 Å². The molecule has 1 aromatic heterocycles. The van der Waals surface area contributed by atoms with Crippen molar-refractivity contribution in [3.05, 3.63) is 75.1 Å². The summed E-state index contributed by atoms with van der Waals surface area (Å²) in [6.45, 7) is 2.79. The number of nitro groups is 1. The SMILES string of the molecule is COc1ccc(C(=O)Oc2ccc(C=NNC(=O)Cn3nc(C)c([N+](=O)[O-])c3C)cc2OC)cc1. The predicted molar refractivity (Wildman–Crippen MR) is 125 cm³/mol. The number of aryl methyl sites for hydroxylation is 1. The molecule has 1 heterocycles. The first kappa shape index (κ1) is 24.9. The molecule has 35 heavy (non-hydrogen) atoms. The second-order valence-electron chi connectivity index (χ2n) is 7.26. The summed E-state index contributed by atoms with van der Waals surface area (Å²) in [6.07, 6.45) is 1.37. The maximum absolute atomic E-state index is 12.4. The fraction of sp³-hybridized carbons (Fsp3) is 0.217. The van der Waals surface area contributed by atoms with E-state index in [0.717, 1.165) is 0 Å². The van der Waals surface area contributed by atoms with Gasteiger partial charge in [-0.1, -0.05) is 0 Å². The molecule has 12 nitrogen and oxygen atoms in total. The second-order valence-corrected chi connectivity index (χ2v) is 7.26. The van der Waals surface area contributed by atoms with Gasteiger partial charge >= 0.3 is 11.7 Å². The lowest BCUT2D eigenvalue weighted by Gasteiger charge is -2.10. The van der Waals surface area contributed by atoms with Crippen LogP contribution in [0.3, 0.4) is 0 Å². The van der Waals surface area contributed by atoms with Crippen LogP contribution >= 0.6 is 0 Å². The van der Waals surface area contributed by atoms with Crippen LogP contribution < -0.4 is 19.6 Å². The van der Waals surface area contributed by atoms with Crippen LogP contribution in [0.15, 0.2) is 47.6 Å². The standard InChI is InChI=1S/C23H23N5O7/c1-14-22(28(31)32)15(2)27(26-14)13-21(29)25-24-12-16-5-10-19(20(11-16)34-4)35-23(30)17-6-8-18(33-3)9-7-17/h5-12H,13H2,1-4H3,(H,25,29). The number of hydrogen-bond donors (Lipinski definition) is 1. The van der Waals surface area contributed by atoms with Crippen LogP contribution in [0.1, 0.15) is 27.3 Å². The molecule has 0 spiro atoms. The first-order valence-corrected chi connectivity index (χ1v) is 10.3. The molecule has 2 aromatic carbocycles. The first-order chi connectivity index (χ1) is 16.7. The van der Waals surface area contributed by atoms with E-state index in [-0.39, 0.29) is 35.1 Å². The quantitative estimate of drug-likeness (QED) is 0.161. The van der Waals surface area contributed by atoms with Gasteiger partial charge in [-0.25, -0.2) is 10.2 Å². The summed E-state index contributed by atoms with van der Waals surface area (Å²) in [6, 6.07) is 11.2. The zero-order valence-corrected chi connectivity index (χ0v) is 19.5. The third kappa shape index (κ3) is 5.99. The van der Waals surface area contributed by atoms with E-state index in [1.165, 1.54) is 39.0 Å². The van der Waals surface area contributed by atoms with E-state index in [1.54, 1.807) is 42.5 Å². The molecule has 0 aliphatic heterocycles. The van der Waals surface area contributed by atoms with Crippen LogP contribution in [0.4, 0.5) is 5.69 Å². The molecule has 0 atom stereocenters. The number of rotatable bonds is 9. The Morgan fingerprint density at radius 2 is 1.83 bits per heavy atom. The summed E-state index contributed by atoms with van der Waals surface area (Å²) in [5.74, 6) is 0.0338. The Hall–Kier alpha value is -4.74. The third-order valence-electron chi connectivity index (χ3n) is 4.94. The lowest BCUT2D eigenvalue weighted by atomic mass is 10.2. The molecule has 3 aromatic rings. The van der Waals surface area contributed by atoms with Crippen molar-refractivity contribution >= 4 is 23.8 Å². The van der Waals surface area contributed by atoms with Crippen molar-refractivity contribution in [3.8, 4) is 17.2 Å². The highest BCUT2D eigenvalue weighted by Crippen LogP contribution is 2.28. The fourth-order valence-corrected chi connectivity index (χ4v) is 3.19. The van der Waals surface area contributed by atoms with Gasteiger partial charge in [0.15, 0.2) is 11.5 Å². The van der Waals surface area contributed by atoms with Crippen molar-refractivity contribution in [2.45, 2.75) is 20.4 Å². The van der Waals surface area contributed by atoms with E-state index in [1.807, 2.05) is 0 Å². The van der Waals surface area contributed by atoms with Gasteiger partial charge in [0.1, 0.15) is 23.7 Å². The molecule has 0 aliphatic carbocycles. The Bertz CT molecular complexity index is 1280. The normalized spacial score (nSPS) is 10.7. The van der Waals surface area contributed by atoms with Gasteiger partial charge in [0.05, 0.1) is 30.9 Å². The summed E-state index contributed by atoms with van der Waals surface area (Å²) in [5.41, 5.74) is 3.62. The number of nitrogens with zero attached hydrogens (tertiary/aromatic N) is 4. The molecule has 0 unspecified atom stereocenters. The number of amides is 1. The van der Waals surface area contributed by atoms with Crippen molar-refractivity contribution in [1.82, 2.24) is 15.2 Å². The van der Waals surface area contributed by atoms with Gasteiger partial charge in [-0.05, 0) is 61.9 Å². The third-order valence-corrected chi connectivity index (χ3v) is 4.94. The molecule has 3 rings (SSSR count). The smallest absolute Gasteiger partial charge is 0.343 e. The Kier molecular flexibility index (Phi) is 7.77. The number of carbonyl (C=O) groups is 2. The van der Waals surface area contributed by atoms with Gasteiger partial charge in [0.2, 0.25) is 0 Å². The second kappa shape index (κ2) is 10.9. The number of methoxy groups -OCH3 is 2. The van der Waals surface area contributed by atoms with Crippen LogP contribution in [0, 0.1) is 24.0 Å². The molecule has 1 N–H and O–H groups in total. The average molecular weight is 481 g/mol. The molecule has 182 valence electrons. The zero-order valence-electron chi connectivity index (χ0n) is 19.5. The van der Waals surface area contributed by atoms with E-state index in [0.29, 0.717) is 16.9 Å². The minimum Gasteiger partial charge on any atom is -0.497 e. The molecule has 12 heteroatoms. The molecule has 0 fully saturated rings. The van der Waals surface area contributed by atoms with Crippen molar-refractivity contribution < 1.29 is 28.7 Å². The fourth-order valence-electron chi connectivity index (χ4n) is 3.19. The highest BCUT2D eigenvalue weighted by atomic mass is 16.6. The highest BCUT2D eigenvalue weighted by Gasteiger charge is 2.22. The number of nitrogens with one attached hydrogen (secondary N) is 1. The van der Waals surface area contributed by atoms with E-state index >= 15 is 0 Å². The van der Waals surface area contributed by atoms with E-state index < -0.39 is 16.8 Å². The van der Waals surface area contributed by atoms with Crippen molar-refractivity contribution in [2.75, 3.05) is 14.2 Å². The number of hydrogen-bond acceptors (Lipinski definition) is 9. The van der Waals surface area contributed by atoms with Gasteiger partial charge in [-0.2, -0.15) is 10.2 Å². The zero-order chi connectivity index (χ0) is 25.5. The Morgan fingerprint density at radius 1 is 1.11 bits per heavy atom. The molecular weight excluding hydrogens is 458 g/mol. The van der Waals surface area contributed by atoms with E-state index in [9.17, 15) is 19.7 Å². The summed E-state index contributed by atoms with van der Waals surface area (Å²) >= 11 is 0. The summed E-state index contributed by atoms with van der Waals surface area (Å²) in [4.78, 5) is 35.1. The maximum atomic E-state index is 12.4. The molecule has 0 aliphatic rings. The summed E-state index contributed by atoms with van der Waals surface area (Å²) in [5, 5.41) is 19.0. The molecule has 0 saturated carbocycles. The Labute approximate surface area is 200 Å². The monoisotopic (exact) mass is 481 g/mol. The van der Waals surface area contributed by atoms with Gasteiger partial charge in [-0.3, -0.25) is 19.6 Å². The van der Waals surface area contributed by atoms with Gasteiger partial charge in [0.25, 0.3) is 5.91 Å². The number of ether oxygens (including phenoxy) is 3. The number of aromatic nitrogens is 2. The van der Waals surface area contributed by atoms with Gasteiger partial charge < -0.3 is 14.2 Å². The minimum absolute atomic E-state index is 0.124. The lowest BCUT2D eigenvalue weighted by Crippen LogP contribution is -2.24. The van der Waals surface area contributed by atoms with Crippen molar-refractivity contribution in [2.24, 2.45) is 5.10 Å². The van der Waals surface area contributed by atoms with Crippen LogP contribution in [-0.4, -0.2) is 47.0 Å². The summed E-state index contributed by atoms with van der Waals surface area (Å²) < 4.78 is 17.0. The van der Waals surface area contributed by atoms with E-state index in [2.05, 4.69) is 15.6 Å². The number of hydrazone groups is 1. The highest BCUT2D eigenvalue weighted by molar-refractivity contribution is 5.91. The molecule has 0 saturated heterocycles. The Balaban J connectivity index is 1.63. The number of benzene rings is 2. The van der Waals surface area contributed by atoms with Gasteiger partial charge in [0, 0.05) is 0 Å². The minimum atomic E-state index is -0.566. The van der Waals surface area contributed by atoms with Crippen LogP contribution in [0.5, 0.6) is 17.2 Å². The predicted octanol–water partition coefficient (Wildman–Crippen LogP) is 2.79. The lowest BCUT2D eigenvalue weighted by molar-refractivity contribution is -0.386. The largest absolute Gasteiger partial charge is 0.497 e. The van der Waals surface area contributed by atoms with Crippen LogP contribution in [0.25, 0.3) is 0 Å². The first-order valence-electron chi connectivity index (χ1n) is 10.3. The van der Waals surface area contributed by atoms with E-state index in [4.69, 9.17) is 14.2 Å². The Morgan fingerprint density at radius 3 is 2.43 bits per heavy atom. The number of esters is 1. The van der Waals surface area contributed by atoms with Crippen LogP contribution in [-0.2, 0) is 11.3 Å². The van der Waals surface area contributed by atoms with Gasteiger partial charge in [-0.15, -0.1) is 0 Å². The molecule has 1 amide bonds. The van der Waals surface area contributed by atoms with Crippen LogP contribution in [0.2, 0.25) is 0 Å².